The van der Waals surface area contributed by atoms with Crippen LogP contribution in [0.4, 0.5) is 0 Å². The van der Waals surface area contributed by atoms with Gasteiger partial charge in [0.2, 0.25) is 0 Å². The van der Waals surface area contributed by atoms with Crippen LogP contribution in [0, 0.1) is 19.8 Å². The minimum atomic E-state index is -0.0752. The third-order valence-corrected chi connectivity index (χ3v) is 9.61. The molecule has 0 radical (unpaired) electrons. The van der Waals surface area contributed by atoms with Crippen molar-refractivity contribution in [1.29, 1.82) is 0 Å². The fourth-order valence-electron chi connectivity index (χ4n) is 6.61. The minimum Gasteiger partial charge on any atom is -0.464 e. The summed E-state index contributed by atoms with van der Waals surface area (Å²) in [6.45, 7) is 15.0. The van der Waals surface area contributed by atoms with Crippen molar-refractivity contribution in [2.24, 2.45) is 5.92 Å². The predicted octanol–water partition coefficient (Wildman–Crippen LogP) is 7.14. The highest BCUT2D eigenvalue weighted by atomic mass is 16.5. The molecule has 1 aromatic carbocycles. The maximum Gasteiger partial charge on any atom is 0.293 e. The van der Waals surface area contributed by atoms with E-state index in [2.05, 4.69) is 69.6 Å². The normalized spacial score (nSPS) is 23.0. The molecule has 3 aliphatic carbocycles. The summed E-state index contributed by atoms with van der Waals surface area (Å²) in [5, 5.41) is 3.23. The summed E-state index contributed by atoms with van der Waals surface area (Å²) in [5.41, 5.74) is 8.54. The van der Waals surface area contributed by atoms with E-state index in [1.165, 1.54) is 67.3 Å². The molecule has 0 spiro atoms. The summed E-state index contributed by atoms with van der Waals surface area (Å²) in [4.78, 5) is 24.3. The second-order valence-electron chi connectivity index (χ2n) is 13.7. The summed E-state index contributed by atoms with van der Waals surface area (Å²) < 4.78 is 7.53. The first-order valence-corrected chi connectivity index (χ1v) is 14.8. The fourth-order valence-corrected chi connectivity index (χ4v) is 6.61. The number of hydrogen-bond acceptors (Lipinski definition) is 3. The molecule has 3 fully saturated rings. The number of benzene rings is 1. The van der Waals surface area contributed by atoms with Gasteiger partial charge in [0.25, 0.3) is 12.4 Å². The summed E-state index contributed by atoms with van der Waals surface area (Å²) in [5.74, 6) is 0.655. The number of nitrogens with one attached hydrogen (secondary N) is 1. The van der Waals surface area contributed by atoms with E-state index in [0.29, 0.717) is 25.2 Å². The molecule has 0 unspecified atom stereocenters. The molecule has 206 valence electrons. The average molecular weight is 519 g/mol. The Kier molecular flexibility index (Phi) is 7.26. The van der Waals surface area contributed by atoms with Crippen molar-refractivity contribution in [2.75, 3.05) is 0 Å². The van der Waals surface area contributed by atoms with Crippen LogP contribution in [0.15, 0.2) is 18.2 Å². The van der Waals surface area contributed by atoms with Gasteiger partial charge in [0.15, 0.2) is 0 Å². The molecule has 0 saturated heterocycles. The van der Waals surface area contributed by atoms with Crippen LogP contribution in [0.2, 0.25) is 0 Å². The number of aromatic nitrogens is 1. The zero-order valence-corrected chi connectivity index (χ0v) is 24.3. The summed E-state index contributed by atoms with van der Waals surface area (Å²) in [6, 6.07) is 7.27. The van der Waals surface area contributed by atoms with E-state index in [9.17, 15) is 9.59 Å². The molecular weight excluding hydrogens is 472 g/mol. The smallest absolute Gasteiger partial charge is 0.293 e. The first-order chi connectivity index (χ1) is 18.0. The standard InChI is InChI=1S/C33H46N2O3/c1-21-29(31(37)34-27-17-28(18-27)38-20-36)22(2)35(19-23-10-8-7-9-11-23)30(21)24-14-25(32(3,4)5)16-26(15-24)33(6)12-13-33/h14-16,20,23,27-28H,7-13,17-19H2,1-6H3,(H,34,37). The van der Waals surface area contributed by atoms with E-state index >= 15 is 0 Å². The molecular formula is C33H46N2O3. The van der Waals surface area contributed by atoms with E-state index in [-0.39, 0.29) is 28.9 Å². The Morgan fingerprint density at radius 3 is 2.39 bits per heavy atom. The van der Waals surface area contributed by atoms with Gasteiger partial charge >= 0.3 is 0 Å². The van der Waals surface area contributed by atoms with E-state index in [0.717, 1.165) is 23.4 Å². The molecule has 1 aromatic heterocycles. The molecule has 3 saturated carbocycles. The average Bonchev–Trinajstić information content (AvgIpc) is 3.55. The van der Waals surface area contributed by atoms with Crippen molar-refractivity contribution in [3.8, 4) is 11.3 Å². The minimum absolute atomic E-state index is 0.000415. The van der Waals surface area contributed by atoms with Crippen LogP contribution in [-0.2, 0) is 26.9 Å². The molecule has 0 atom stereocenters. The third-order valence-electron chi connectivity index (χ3n) is 9.61. The van der Waals surface area contributed by atoms with Crippen LogP contribution in [-0.4, -0.2) is 29.1 Å². The van der Waals surface area contributed by atoms with Crippen molar-refractivity contribution in [3.05, 3.63) is 46.1 Å². The lowest BCUT2D eigenvalue weighted by Crippen LogP contribution is -2.47. The summed E-state index contributed by atoms with van der Waals surface area (Å²) in [7, 11) is 0. The van der Waals surface area contributed by atoms with Gasteiger partial charge in [-0.25, -0.2) is 0 Å². The molecule has 1 heterocycles. The zero-order chi connectivity index (χ0) is 27.2. The number of amides is 1. The third kappa shape index (κ3) is 5.31. The lowest BCUT2D eigenvalue weighted by Gasteiger charge is -2.34. The Labute approximate surface area is 228 Å². The Balaban J connectivity index is 1.56. The molecule has 1 N–H and O–H groups in total. The van der Waals surface area contributed by atoms with E-state index < -0.39 is 0 Å². The van der Waals surface area contributed by atoms with Gasteiger partial charge in [-0.1, -0.05) is 53.0 Å². The van der Waals surface area contributed by atoms with Crippen LogP contribution in [0.3, 0.4) is 0 Å². The first-order valence-electron chi connectivity index (χ1n) is 14.8. The van der Waals surface area contributed by atoms with Crippen molar-refractivity contribution >= 4 is 12.4 Å². The topological polar surface area (TPSA) is 60.3 Å². The van der Waals surface area contributed by atoms with Gasteiger partial charge < -0.3 is 14.6 Å². The van der Waals surface area contributed by atoms with Crippen molar-refractivity contribution in [2.45, 2.75) is 129 Å². The largest absolute Gasteiger partial charge is 0.464 e. The Bertz CT molecular complexity index is 1180. The fraction of sp³-hybridized carbons (Fsp3) is 0.636. The first kappa shape index (κ1) is 27.0. The SMILES string of the molecule is Cc1c(C(=O)NC2CC(OC=O)C2)c(C)n(CC2CCCCC2)c1-c1cc(C(C)(C)C)cc(C2(C)CC2)c1. The molecule has 1 amide bonds. The molecule has 0 bridgehead atoms. The number of carbonyl (C=O) groups is 2. The van der Waals surface area contributed by atoms with Gasteiger partial charge in [-0.2, -0.15) is 0 Å². The highest BCUT2D eigenvalue weighted by molar-refractivity contribution is 5.99. The van der Waals surface area contributed by atoms with Gasteiger partial charge in [0.1, 0.15) is 6.10 Å². The van der Waals surface area contributed by atoms with Crippen LogP contribution in [0.5, 0.6) is 0 Å². The molecule has 5 nitrogen and oxygen atoms in total. The number of carbonyl (C=O) groups excluding carboxylic acids is 2. The Morgan fingerprint density at radius 1 is 1.11 bits per heavy atom. The Morgan fingerprint density at radius 2 is 1.79 bits per heavy atom. The predicted molar refractivity (Wildman–Crippen MR) is 153 cm³/mol. The van der Waals surface area contributed by atoms with Crippen LogP contribution in [0.25, 0.3) is 11.3 Å². The van der Waals surface area contributed by atoms with Gasteiger partial charge in [-0.05, 0) is 90.7 Å². The summed E-state index contributed by atoms with van der Waals surface area (Å²) in [6.07, 6.45) is 10.3. The number of nitrogens with zero attached hydrogens (tertiary/aromatic N) is 1. The van der Waals surface area contributed by atoms with Crippen molar-refractivity contribution < 1.29 is 14.3 Å². The van der Waals surface area contributed by atoms with Gasteiger partial charge in [0.05, 0.1) is 11.3 Å². The van der Waals surface area contributed by atoms with Crippen molar-refractivity contribution in [1.82, 2.24) is 9.88 Å². The van der Waals surface area contributed by atoms with Crippen LogP contribution >= 0.6 is 0 Å². The van der Waals surface area contributed by atoms with Crippen molar-refractivity contribution in [3.63, 3.8) is 0 Å². The lowest BCUT2D eigenvalue weighted by atomic mass is 9.82. The maximum absolute atomic E-state index is 13.7. The number of hydrogen-bond donors (Lipinski definition) is 1. The lowest BCUT2D eigenvalue weighted by molar-refractivity contribution is -0.138. The molecule has 38 heavy (non-hydrogen) atoms. The second kappa shape index (κ2) is 10.2. The van der Waals surface area contributed by atoms with Gasteiger partial charge in [0, 0.05) is 31.1 Å². The molecule has 0 aliphatic heterocycles. The summed E-state index contributed by atoms with van der Waals surface area (Å²) >= 11 is 0. The number of ether oxygens (including phenoxy) is 1. The maximum atomic E-state index is 13.7. The highest BCUT2D eigenvalue weighted by Gasteiger charge is 2.40. The number of rotatable bonds is 8. The molecule has 5 heteroatoms. The molecule has 3 aliphatic rings. The second-order valence-corrected chi connectivity index (χ2v) is 13.7. The molecule has 5 rings (SSSR count). The van der Waals surface area contributed by atoms with Gasteiger partial charge in [-0.15, -0.1) is 0 Å². The highest BCUT2D eigenvalue weighted by Crippen LogP contribution is 2.49. The van der Waals surface area contributed by atoms with Crippen LogP contribution in [0.1, 0.15) is 118 Å². The van der Waals surface area contributed by atoms with E-state index in [1.807, 2.05) is 0 Å². The Hall–Kier alpha value is -2.56. The quantitative estimate of drug-likeness (QED) is 0.378. The molecule has 2 aromatic rings. The zero-order valence-electron chi connectivity index (χ0n) is 24.3. The van der Waals surface area contributed by atoms with Crippen LogP contribution < -0.4 is 5.32 Å². The van der Waals surface area contributed by atoms with E-state index in [1.54, 1.807) is 0 Å². The van der Waals surface area contributed by atoms with Gasteiger partial charge in [-0.3, -0.25) is 9.59 Å². The monoisotopic (exact) mass is 518 g/mol. The van der Waals surface area contributed by atoms with E-state index in [4.69, 9.17) is 4.74 Å².